The third-order valence-corrected chi connectivity index (χ3v) is 2.77. The van der Waals surface area contributed by atoms with Gasteiger partial charge in [-0.05, 0) is 30.7 Å². The van der Waals surface area contributed by atoms with Crippen LogP contribution in [0.3, 0.4) is 0 Å². The third kappa shape index (κ3) is 4.79. The summed E-state index contributed by atoms with van der Waals surface area (Å²) in [5.74, 6) is 0.272. The molecule has 0 spiro atoms. The van der Waals surface area contributed by atoms with Crippen molar-refractivity contribution < 1.29 is 13.5 Å². The highest BCUT2D eigenvalue weighted by atomic mass is 19.1. The molecule has 21 heavy (non-hydrogen) atoms. The van der Waals surface area contributed by atoms with Gasteiger partial charge in [0.05, 0.1) is 6.20 Å². The zero-order valence-electron chi connectivity index (χ0n) is 12.1. The molecule has 3 nitrogen and oxygen atoms in total. The number of benzene rings is 1. The van der Waals surface area contributed by atoms with Crippen molar-refractivity contribution >= 4 is 0 Å². The highest BCUT2D eigenvalue weighted by molar-refractivity contribution is 5.32. The second-order valence-electron chi connectivity index (χ2n) is 5.20. The molecule has 1 aromatic heterocycles. The fraction of sp³-hybridized carbons (Fsp3) is 0.312. The quantitative estimate of drug-likeness (QED) is 0.877. The molecule has 0 unspecified atom stereocenters. The summed E-state index contributed by atoms with van der Waals surface area (Å²) in [7, 11) is 0. The summed E-state index contributed by atoms with van der Waals surface area (Å²) in [6.45, 7) is 5.41. The number of aromatic nitrogens is 1. The number of nitrogens with one attached hydrogen (secondary N) is 1. The lowest BCUT2D eigenvalue weighted by Crippen LogP contribution is -2.19. The smallest absolute Gasteiger partial charge is 0.223 e. The van der Waals surface area contributed by atoms with Crippen LogP contribution < -0.4 is 10.1 Å². The molecular weight excluding hydrogens is 274 g/mol. The van der Waals surface area contributed by atoms with E-state index in [1.165, 1.54) is 18.2 Å². The van der Waals surface area contributed by atoms with Crippen molar-refractivity contribution in [3.63, 3.8) is 0 Å². The van der Waals surface area contributed by atoms with Crippen molar-refractivity contribution in [2.24, 2.45) is 5.92 Å². The molecule has 2 aromatic rings. The van der Waals surface area contributed by atoms with Gasteiger partial charge >= 0.3 is 0 Å². The standard InChI is InChI=1S/C16H18F2N2O/c1-11(2)8-19-9-12-6-14(18)10-20-16(12)21-15-5-3-4-13(17)7-15/h3-7,10-11,19H,8-9H2,1-2H3. The van der Waals surface area contributed by atoms with Gasteiger partial charge in [0.1, 0.15) is 17.4 Å². The first kappa shape index (κ1) is 15.4. The summed E-state index contributed by atoms with van der Waals surface area (Å²) >= 11 is 0. The first-order chi connectivity index (χ1) is 10.0. The second-order valence-corrected chi connectivity index (χ2v) is 5.20. The van der Waals surface area contributed by atoms with Gasteiger partial charge in [0.2, 0.25) is 5.88 Å². The number of rotatable bonds is 6. The Morgan fingerprint density at radius 1 is 1.19 bits per heavy atom. The average Bonchev–Trinajstić information content (AvgIpc) is 2.41. The van der Waals surface area contributed by atoms with E-state index >= 15 is 0 Å². The van der Waals surface area contributed by atoms with Crippen LogP contribution in [-0.4, -0.2) is 11.5 Å². The molecule has 0 radical (unpaired) electrons. The minimum Gasteiger partial charge on any atom is -0.439 e. The molecule has 0 atom stereocenters. The van der Waals surface area contributed by atoms with Gasteiger partial charge in [-0.1, -0.05) is 19.9 Å². The maximum atomic E-state index is 13.3. The third-order valence-electron chi connectivity index (χ3n) is 2.77. The van der Waals surface area contributed by atoms with E-state index in [4.69, 9.17) is 4.74 Å². The maximum Gasteiger partial charge on any atom is 0.223 e. The van der Waals surface area contributed by atoms with Gasteiger partial charge in [0.25, 0.3) is 0 Å². The van der Waals surface area contributed by atoms with Gasteiger partial charge < -0.3 is 10.1 Å². The molecule has 1 aromatic carbocycles. The van der Waals surface area contributed by atoms with Gasteiger partial charge in [-0.25, -0.2) is 13.8 Å². The van der Waals surface area contributed by atoms with E-state index in [1.807, 2.05) is 0 Å². The largest absolute Gasteiger partial charge is 0.439 e. The van der Waals surface area contributed by atoms with E-state index in [-0.39, 0.29) is 5.88 Å². The Labute approximate surface area is 123 Å². The molecule has 0 saturated carbocycles. The number of nitrogens with zero attached hydrogens (tertiary/aromatic N) is 1. The van der Waals surface area contributed by atoms with Crippen molar-refractivity contribution in [1.82, 2.24) is 10.3 Å². The van der Waals surface area contributed by atoms with Crippen LogP contribution in [0.25, 0.3) is 0 Å². The van der Waals surface area contributed by atoms with Gasteiger partial charge in [-0.3, -0.25) is 0 Å². The number of ether oxygens (including phenoxy) is 1. The summed E-state index contributed by atoms with van der Waals surface area (Å²) < 4.78 is 32.0. The second kappa shape index (κ2) is 7.13. The molecule has 1 heterocycles. The Kier molecular flexibility index (Phi) is 5.22. The van der Waals surface area contributed by atoms with Crippen LogP contribution in [0.5, 0.6) is 11.6 Å². The first-order valence-corrected chi connectivity index (χ1v) is 6.83. The fourth-order valence-corrected chi connectivity index (χ4v) is 1.82. The minimum absolute atomic E-state index is 0.276. The number of hydrogen-bond donors (Lipinski definition) is 1. The van der Waals surface area contributed by atoms with E-state index in [1.54, 1.807) is 12.1 Å². The molecular formula is C16H18F2N2O. The summed E-state index contributed by atoms with van der Waals surface area (Å²) in [5.41, 5.74) is 0.597. The highest BCUT2D eigenvalue weighted by Crippen LogP contribution is 2.24. The zero-order valence-corrected chi connectivity index (χ0v) is 12.1. The molecule has 0 aliphatic rings. The number of pyridine rings is 1. The Hall–Kier alpha value is -2.01. The highest BCUT2D eigenvalue weighted by Gasteiger charge is 2.09. The minimum atomic E-state index is -0.428. The molecule has 0 bridgehead atoms. The van der Waals surface area contributed by atoms with Crippen LogP contribution in [0, 0.1) is 17.6 Å². The molecule has 0 saturated heterocycles. The summed E-state index contributed by atoms with van der Waals surface area (Å²) in [6, 6.07) is 7.13. The predicted molar refractivity (Wildman–Crippen MR) is 77.2 cm³/mol. The molecule has 2 rings (SSSR count). The van der Waals surface area contributed by atoms with Crippen molar-refractivity contribution in [3.8, 4) is 11.6 Å². The van der Waals surface area contributed by atoms with Crippen molar-refractivity contribution in [2.75, 3.05) is 6.54 Å². The predicted octanol–water partition coefficient (Wildman–Crippen LogP) is 3.90. The lowest BCUT2D eigenvalue weighted by atomic mass is 10.2. The average molecular weight is 292 g/mol. The molecule has 1 N–H and O–H groups in total. The zero-order chi connectivity index (χ0) is 15.2. The normalized spacial score (nSPS) is 10.9. The van der Waals surface area contributed by atoms with Gasteiger partial charge in [0, 0.05) is 18.2 Å². The lowest BCUT2D eigenvalue weighted by Gasteiger charge is -2.12. The van der Waals surface area contributed by atoms with Crippen molar-refractivity contribution in [2.45, 2.75) is 20.4 Å². The van der Waals surface area contributed by atoms with Crippen molar-refractivity contribution in [3.05, 3.63) is 53.7 Å². The van der Waals surface area contributed by atoms with Crippen LogP contribution in [0.1, 0.15) is 19.4 Å². The molecule has 112 valence electrons. The number of hydrogen-bond acceptors (Lipinski definition) is 3. The summed E-state index contributed by atoms with van der Waals surface area (Å²) in [5, 5.41) is 3.21. The van der Waals surface area contributed by atoms with Gasteiger partial charge in [0.15, 0.2) is 0 Å². The molecule has 0 fully saturated rings. The fourth-order valence-electron chi connectivity index (χ4n) is 1.82. The summed E-state index contributed by atoms with van der Waals surface area (Å²) in [6.07, 6.45) is 1.08. The van der Waals surface area contributed by atoms with Crippen LogP contribution in [0.4, 0.5) is 8.78 Å². The Morgan fingerprint density at radius 3 is 2.71 bits per heavy atom. The first-order valence-electron chi connectivity index (χ1n) is 6.83. The Morgan fingerprint density at radius 2 is 2.00 bits per heavy atom. The van der Waals surface area contributed by atoms with Crippen LogP contribution >= 0.6 is 0 Å². The van der Waals surface area contributed by atoms with Crippen LogP contribution in [0.15, 0.2) is 36.5 Å². The maximum absolute atomic E-state index is 13.3. The van der Waals surface area contributed by atoms with E-state index < -0.39 is 11.6 Å². The van der Waals surface area contributed by atoms with Gasteiger partial charge in [-0.15, -0.1) is 0 Å². The lowest BCUT2D eigenvalue weighted by molar-refractivity contribution is 0.442. The molecule has 0 aliphatic carbocycles. The van der Waals surface area contributed by atoms with Crippen LogP contribution in [-0.2, 0) is 6.54 Å². The molecule has 0 aliphatic heterocycles. The van der Waals surface area contributed by atoms with E-state index in [9.17, 15) is 8.78 Å². The number of halogens is 2. The topological polar surface area (TPSA) is 34.2 Å². The monoisotopic (exact) mass is 292 g/mol. The van der Waals surface area contributed by atoms with E-state index in [2.05, 4.69) is 24.1 Å². The van der Waals surface area contributed by atoms with Gasteiger partial charge in [-0.2, -0.15) is 0 Å². The van der Waals surface area contributed by atoms with E-state index in [0.29, 0.717) is 23.8 Å². The van der Waals surface area contributed by atoms with Crippen LogP contribution in [0.2, 0.25) is 0 Å². The summed E-state index contributed by atoms with van der Waals surface area (Å²) in [4.78, 5) is 3.94. The van der Waals surface area contributed by atoms with E-state index in [0.717, 1.165) is 12.7 Å². The molecule has 0 amide bonds. The Balaban J connectivity index is 2.14. The Bertz CT molecular complexity index is 603. The van der Waals surface area contributed by atoms with Crippen molar-refractivity contribution in [1.29, 1.82) is 0 Å². The molecule has 5 heteroatoms. The SMILES string of the molecule is CC(C)CNCc1cc(F)cnc1Oc1cccc(F)c1.